The summed E-state index contributed by atoms with van der Waals surface area (Å²) in [7, 11) is 0. The molecule has 1 atom stereocenters. The second kappa shape index (κ2) is 6.15. The standard InChI is InChI=1S/C15H13FN4OS/c1-10(14(21)17-12-7-3-2-6-11(12)16)22-15-19-18-13-8-4-5-9-20(13)15/h2-10H,1H3,(H,17,21). The number of anilines is 1. The lowest BCUT2D eigenvalue weighted by Gasteiger charge is -2.11. The van der Waals surface area contributed by atoms with Gasteiger partial charge in [-0.2, -0.15) is 0 Å². The van der Waals surface area contributed by atoms with Gasteiger partial charge in [0.15, 0.2) is 10.8 Å². The molecule has 2 aromatic heterocycles. The van der Waals surface area contributed by atoms with Crippen molar-refractivity contribution in [2.24, 2.45) is 0 Å². The summed E-state index contributed by atoms with van der Waals surface area (Å²) in [5, 5.41) is 10.9. The Labute approximate surface area is 130 Å². The molecule has 0 spiro atoms. The van der Waals surface area contributed by atoms with E-state index in [0.29, 0.717) is 10.8 Å². The van der Waals surface area contributed by atoms with Crippen LogP contribution in [0.5, 0.6) is 0 Å². The van der Waals surface area contributed by atoms with Gasteiger partial charge in [-0.25, -0.2) is 4.39 Å². The fourth-order valence-electron chi connectivity index (χ4n) is 1.91. The summed E-state index contributed by atoms with van der Waals surface area (Å²) in [6.45, 7) is 1.74. The van der Waals surface area contributed by atoms with Gasteiger partial charge in [0, 0.05) is 6.20 Å². The maximum atomic E-state index is 13.6. The first-order valence-corrected chi connectivity index (χ1v) is 7.55. The van der Waals surface area contributed by atoms with Crippen LogP contribution in [0.3, 0.4) is 0 Å². The van der Waals surface area contributed by atoms with Crippen molar-refractivity contribution in [2.75, 3.05) is 5.32 Å². The lowest BCUT2D eigenvalue weighted by atomic mass is 10.3. The molecule has 0 bridgehead atoms. The first-order valence-electron chi connectivity index (χ1n) is 6.67. The molecule has 1 N–H and O–H groups in total. The Kier molecular flexibility index (Phi) is 4.06. The van der Waals surface area contributed by atoms with Crippen LogP contribution in [-0.4, -0.2) is 25.8 Å². The number of amides is 1. The van der Waals surface area contributed by atoms with E-state index in [9.17, 15) is 9.18 Å². The Morgan fingerprint density at radius 1 is 1.23 bits per heavy atom. The van der Waals surface area contributed by atoms with E-state index in [1.807, 2.05) is 24.4 Å². The molecule has 0 aliphatic heterocycles. The summed E-state index contributed by atoms with van der Waals surface area (Å²) in [5.41, 5.74) is 0.887. The van der Waals surface area contributed by atoms with Crippen LogP contribution in [0.2, 0.25) is 0 Å². The van der Waals surface area contributed by atoms with Gasteiger partial charge in [-0.3, -0.25) is 9.20 Å². The number of benzene rings is 1. The molecular formula is C15H13FN4OS. The predicted molar refractivity (Wildman–Crippen MR) is 83.3 cm³/mol. The molecule has 3 aromatic rings. The molecule has 0 saturated heterocycles. The van der Waals surface area contributed by atoms with Gasteiger partial charge < -0.3 is 5.32 Å². The summed E-state index contributed by atoms with van der Waals surface area (Å²) in [6, 6.07) is 11.6. The van der Waals surface area contributed by atoms with E-state index in [2.05, 4.69) is 15.5 Å². The summed E-state index contributed by atoms with van der Waals surface area (Å²) >= 11 is 1.27. The zero-order chi connectivity index (χ0) is 15.5. The van der Waals surface area contributed by atoms with Gasteiger partial charge >= 0.3 is 0 Å². The molecule has 0 saturated carbocycles. The SMILES string of the molecule is CC(Sc1nnc2ccccn12)C(=O)Nc1ccccc1F. The Morgan fingerprint density at radius 3 is 2.82 bits per heavy atom. The molecule has 22 heavy (non-hydrogen) atoms. The van der Waals surface area contributed by atoms with E-state index >= 15 is 0 Å². The van der Waals surface area contributed by atoms with E-state index in [4.69, 9.17) is 0 Å². The molecule has 0 fully saturated rings. The maximum Gasteiger partial charge on any atom is 0.237 e. The zero-order valence-electron chi connectivity index (χ0n) is 11.7. The van der Waals surface area contributed by atoms with Crippen LogP contribution in [0.25, 0.3) is 5.65 Å². The van der Waals surface area contributed by atoms with Gasteiger partial charge in [0.25, 0.3) is 0 Å². The number of fused-ring (bicyclic) bond motifs is 1. The topological polar surface area (TPSA) is 59.3 Å². The number of hydrogen-bond donors (Lipinski definition) is 1. The molecule has 0 aliphatic carbocycles. The van der Waals surface area contributed by atoms with Crippen molar-refractivity contribution in [3.05, 3.63) is 54.5 Å². The molecule has 1 aromatic carbocycles. The third-order valence-corrected chi connectivity index (χ3v) is 4.12. The molecule has 1 unspecified atom stereocenters. The second-order valence-corrected chi connectivity index (χ2v) is 5.95. The van der Waals surface area contributed by atoms with Gasteiger partial charge in [-0.15, -0.1) is 10.2 Å². The Balaban J connectivity index is 1.73. The number of nitrogens with zero attached hydrogens (tertiary/aromatic N) is 3. The number of aromatic nitrogens is 3. The molecule has 5 nitrogen and oxygen atoms in total. The lowest BCUT2D eigenvalue weighted by molar-refractivity contribution is -0.115. The number of hydrogen-bond acceptors (Lipinski definition) is 4. The molecule has 7 heteroatoms. The van der Waals surface area contributed by atoms with Crippen LogP contribution in [0.1, 0.15) is 6.92 Å². The lowest BCUT2D eigenvalue weighted by Crippen LogP contribution is -2.23. The fourth-order valence-corrected chi connectivity index (χ4v) is 2.75. The molecule has 112 valence electrons. The first-order chi connectivity index (χ1) is 10.6. The van der Waals surface area contributed by atoms with Crippen molar-refractivity contribution in [3.8, 4) is 0 Å². The van der Waals surface area contributed by atoms with Gasteiger partial charge in [-0.05, 0) is 31.2 Å². The van der Waals surface area contributed by atoms with Crippen molar-refractivity contribution >= 4 is 29.0 Å². The monoisotopic (exact) mass is 316 g/mol. The number of halogens is 1. The van der Waals surface area contributed by atoms with E-state index < -0.39 is 11.1 Å². The van der Waals surface area contributed by atoms with E-state index in [-0.39, 0.29) is 11.6 Å². The van der Waals surface area contributed by atoms with Crippen LogP contribution in [0, 0.1) is 5.82 Å². The van der Waals surface area contributed by atoms with Crippen molar-refractivity contribution in [1.29, 1.82) is 0 Å². The summed E-state index contributed by atoms with van der Waals surface area (Å²) < 4.78 is 15.4. The summed E-state index contributed by atoms with van der Waals surface area (Å²) in [6.07, 6.45) is 1.83. The number of carbonyl (C=O) groups excluding carboxylic acids is 1. The highest BCUT2D eigenvalue weighted by Crippen LogP contribution is 2.23. The Bertz CT molecular complexity index is 820. The van der Waals surface area contributed by atoms with Crippen LogP contribution in [-0.2, 0) is 4.79 Å². The number of carbonyl (C=O) groups is 1. The van der Waals surface area contributed by atoms with Gasteiger partial charge in [-0.1, -0.05) is 30.0 Å². The van der Waals surface area contributed by atoms with Crippen LogP contribution in [0.15, 0.2) is 53.8 Å². The Morgan fingerprint density at radius 2 is 2.00 bits per heavy atom. The molecule has 3 rings (SSSR count). The van der Waals surface area contributed by atoms with Crippen LogP contribution < -0.4 is 5.32 Å². The number of thioether (sulfide) groups is 1. The number of pyridine rings is 1. The highest BCUT2D eigenvalue weighted by atomic mass is 32.2. The third kappa shape index (κ3) is 2.94. The summed E-state index contributed by atoms with van der Waals surface area (Å²) in [4.78, 5) is 12.2. The van der Waals surface area contributed by atoms with E-state index in [1.165, 1.54) is 23.9 Å². The Hall–Kier alpha value is -2.41. The zero-order valence-corrected chi connectivity index (χ0v) is 12.5. The molecule has 0 aliphatic rings. The molecule has 1 amide bonds. The average Bonchev–Trinajstić information content (AvgIpc) is 2.93. The number of para-hydroxylation sites is 1. The third-order valence-electron chi connectivity index (χ3n) is 3.07. The minimum atomic E-state index is -0.457. The smallest absolute Gasteiger partial charge is 0.237 e. The number of rotatable bonds is 4. The second-order valence-electron chi connectivity index (χ2n) is 4.64. The highest BCUT2D eigenvalue weighted by Gasteiger charge is 2.18. The fraction of sp³-hybridized carbons (Fsp3) is 0.133. The summed E-state index contributed by atoms with van der Waals surface area (Å²) in [5.74, 6) is -0.747. The van der Waals surface area contributed by atoms with Gasteiger partial charge in [0.1, 0.15) is 5.82 Å². The normalized spacial score (nSPS) is 12.3. The number of nitrogens with one attached hydrogen (secondary N) is 1. The minimum Gasteiger partial charge on any atom is -0.323 e. The van der Waals surface area contributed by atoms with Gasteiger partial charge in [0.2, 0.25) is 5.91 Å². The molecular weight excluding hydrogens is 303 g/mol. The van der Waals surface area contributed by atoms with E-state index in [1.54, 1.807) is 23.5 Å². The quantitative estimate of drug-likeness (QED) is 0.752. The van der Waals surface area contributed by atoms with Crippen molar-refractivity contribution in [2.45, 2.75) is 17.3 Å². The minimum absolute atomic E-state index is 0.172. The van der Waals surface area contributed by atoms with Crippen LogP contribution in [0.4, 0.5) is 10.1 Å². The highest BCUT2D eigenvalue weighted by molar-refractivity contribution is 8.00. The average molecular weight is 316 g/mol. The van der Waals surface area contributed by atoms with E-state index in [0.717, 1.165) is 0 Å². The van der Waals surface area contributed by atoms with Crippen molar-refractivity contribution in [3.63, 3.8) is 0 Å². The van der Waals surface area contributed by atoms with Crippen molar-refractivity contribution < 1.29 is 9.18 Å². The van der Waals surface area contributed by atoms with Gasteiger partial charge in [0.05, 0.1) is 10.9 Å². The largest absolute Gasteiger partial charge is 0.323 e. The predicted octanol–water partition coefficient (Wildman–Crippen LogP) is 2.99. The van der Waals surface area contributed by atoms with Crippen molar-refractivity contribution in [1.82, 2.24) is 14.6 Å². The molecule has 2 heterocycles. The maximum absolute atomic E-state index is 13.6. The molecule has 0 radical (unpaired) electrons. The first kappa shape index (κ1) is 14.5. The van der Waals surface area contributed by atoms with Crippen LogP contribution >= 0.6 is 11.8 Å².